The summed E-state index contributed by atoms with van der Waals surface area (Å²) in [6.45, 7) is 8.30. The van der Waals surface area contributed by atoms with Crippen molar-refractivity contribution in [1.82, 2.24) is 15.1 Å². The number of H-pyrrole nitrogens is 1. The highest BCUT2D eigenvalue weighted by molar-refractivity contribution is 7.99. The van der Waals surface area contributed by atoms with Gasteiger partial charge in [0, 0.05) is 24.0 Å². The van der Waals surface area contributed by atoms with Gasteiger partial charge in [0.1, 0.15) is 0 Å². The van der Waals surface area contributed by atoms with E-state index in [0.717, 1.165) is 35.5 Å². The van der Waals surface area contributed by atoms with Crippen LogP contribution in [0.1, 0.15) is 67.7 Å². The van der Waals surface area contributed by atoms with Gasteiger partial charge in [0.25, 0.3) is 5.91 Å². The topological polar surface area (TPSA) is 49.0 Å². The number of carbonyl (C=O) groups excluding carboxylic acids is 1. The van der Waals surface area contributed by atoms with Crippen molar-refractivity contribution >= 4 is 17.7 Å². The minimum Gasteiger partial charge on any atom is -0.339 e. The van der Waals surface area contributed by atoms with Crippen molar-refractivity contribution in [2.45, 2.75) is 64.2 Å². The van der Waals surface area contributed by atoms with Crippen molar-refractivity contribution in [3.63, 3.8) is 0 Å². The van der Waals surface area contributed by atoms with Crippen molar-refractivity contribution in [2.75, 3.05) is 12.8 Å². The lowest BCUT2D eigenvalue weighted by Gasteiger charge is -2.25. The Morgan fingerprint density at radius 2 is 2.19 bits per heavy atom. The fraction of sp³-hybridized carbons (Fsp3) is 0.750. The Balaban J connectivity index is 2.12. The molecule has 0 saturated heterocycles. The van der Waals surface area contributed by atoms with E-state index in [-0.39, 0.29) is 11.8 Å². The van der Waals surface area contributed by atoms with E-state index >= 15 is 0 Å². The van der Waals surface area contributed by atoms with Crippen LogP contribution in [-0.4, -0.2) is 45.1 Å². The molecule has 0 bridgehead atoms. The van der Waals surface area contributed by atoms with Crippen LogP contribution < -0.4 is 0 Å². The Bertz CT molecular complexity index is 498. The Hall–Kier alpha value is -0.970. The zero-order chi connectivity index (χ0) is 15.6. The zero-order valence-corrected chi connectivity index (χ0v) is 14.6. The van der Waals surface area contributed by atoms with Crippen LogP contribution in [-0.2, 0) is 0 Å². The van der Waals surface area contributed by atoms with Gasteiger partial charge in [0.05, 0.1) is 11.3 Å². The van der Waals surface area contributed by atoms with Gasteiger partial charge in [-0.1, -0.05) is 20.8 Å². The summed E-state index contributed by atoms with van der Waals surface area (Å²) < 4.78 is 0. The van der Waals surface area contributed by atoms with Crippen LogP contribution in [0.2, 0.25) is 0 Å². The molecule has 1 heterocycles. The smallest absolute Gasteiger partial charge is 0.257 e. The van der Waals surface area contributed by atoms with E-state index < -0.39 is 0 Å². The van der Waals surface area contributed by atoms with Crippen molar-refractivity contribution < 1.29 is 4.79 Å². The van der Waals surface area contributed by atoms with Crippen LogP contribution in [0, 0.1) is 6.92 Å². The van der Waals surface area contributed by atoms with Crippen LogP contribution >= 0.6 is 11.8 Å². The summed E-state index contributed by atoms with van der Waals surface area (Å²) in [4.78, 5) is 14.8. The van der Waals surface area contributed by atoms with Gasteiger partial charge in [-0.3, -0.25) is 9.89 Å². The van der Waals surface area contributed by atoms with E-state index in [1.54, 1.807) is 0 Å². The number of aromatic amines is 1. The number of aromatic nitrogens is 2. The molecule has 0 aromatic carbocycles. The molecule has 0 radical (unpaired) electrons. The van der Waals surface area contributed by atoms with Gasteiger partial charge in [0.2, 0.25) is 0 Å². The molecule has 0 unspecified atom stereocenters. The average Bonchev–Trinajstić information content (AvgIpc) is 3.04. The second-order valence-electron chi connectivity index (χ2n) is 6.22. The number of amides is 1. The Morgan fingerprint density at radius 1 is 1.48 bits per heavy atom. The number of thioether (sulfide) groups is 1. The van der Waals surface area contributed by atoms with E-state index in [2.05, 4.69) is 31.0 Å². The molecular weight excluding hydrogens is 282 g/mol. The van der Waals surface area contributed by atoms with Crippen molar-refractivity contribution in [1.29, 1.82) is 0 Å². The summed E-state index contributed by atoms with van der Waals surface area (Å²) in [5.74, 6) is 1.54. The van der Waals surface area contributed by atoms with Crippen LogP contribution in [0.4, 0.5) is 0 Å². The van der Waals surface area contributed by atoms with Crippen molar-refractivity contribution in [2.24, 2.45) is 0 Å². The molecule has 1 aromatic heterocycles. The number of carbonyl (C=O) groups is 1. The number of rotatable bonds is 5. The first kappa shape index (κ1) is 16.4. The summed E-state index contributed by atoms with van der Waals surface area (Å²) in [7, 11) is 1.95. The quantitative estimate of drug-likeness (QED) is 0.904. The van der Waals surface area contributed by atoms with E-state index in [1.807, 2.05) is 30.6 Å². The summed E-state index contributed by atoms with van der Waals surface area (Å²) in [6, 6.07) is 0.371. The predicted octanol–water partition coefficient (Wildman–Crippen LogP) is 3.59. The second-order valence-corrected chi connectivity index (χ2v) is 7.80. The second kappa shape index (κ2) is 6.86. The number of nitrogens with zero attached hydrogens (tertiary/aromatic N) is 2. The number of hydrogen-bond donors (Lipinski definition) is 1. The third kappa shape index (κ3) is 3.44. The molecule has 118 valence electrons. The molecule has 0 aliphatic heterocycles. The molecule has 2 rings (SSSR count). The normalized spacial score (nSPS) is 22.0. The first-order chi connectivity index (χ1) is 9.95. The molecule has 5 heteroatoms. The monoisotopic (exact) mass is 309 g/mol. The minimum atomic E-state index is 0.122. The molecule has 4 nitrogen and oxygen atoms in total. The van der Waals surface area contributed by atoms with Gasteiger partial charge in [0.15, 0.2) is 0 Å². The summed E-state index contributed by atoms with van der Waals surface area (Å²) in [5.41, 5.74) is 2.55. The Morgan fingerprint density at radius 3 is 2.81 bits per heavy atom. The summed E-state index contributed by atoms with van der Waals surface area (Å²) in [6.07, 6.45) is 3.46. The van der Waals surface area contributed by atoms with Crippen LogP contribution in [0.3, 0.4) is 0 Å². The van der Waals surface area contributed by atoms with Gasteiger partial charge >= 0.3 is 0 Å². The third-order valence-corrected chi connectivity index (χ3v) is 5.60. The minimum absolute atomic E-state index is 0.122. The van der Waals surface area contributed by atoms with E-state index in [0.29, 0.717) is 11.3 Å². The highest BCUT2D eigenvalue weighted by Crippen LogP contribution is 2.33. The molecule has 1 fully saturated rings. The molecule has 1 saturated carbocycles. The molecular formula is C16H27N3OS. The van der Waals surface area contributed by atoms with Gasteiger partial charge in [-0.15, -0.1) is 0 Å². The highest BCUT2D eigenvalue weighted by atomic mass is 32.2. The maximum absolute atomic E-state index is 12.9. The molecule has 2 atom stereocenters. The Kier molecular flexibility index (Phi) is 5.36. The van der Waals surface area contributed by atoms with E-state index in [1.165, 1.54) is 6.42 Å². The molecule has 1 aromatic rings. The van der Waals surface area contributed by atoms with Gasteiger partial charge < -0.3 is 4.90 Å². The third-order valence-electron chi connectivity index (χ3n) is 4.36. The molecule has 1 aliphatic carbocycles. The molecule has 0 spiro atoms. The van der Waals surface area contributed by atoms with Crippen molar-refractivity contribution in [3.05, 3.63) is 17.0 Å². The lowest BCUT2D eigenvalue weighted by Crippen LogP contribution is -2.36. The first-order valence-corrected chi connectivity index (χ1v) is 8.94. The number of hydrogen-bond acceptors (Lipinski definition) is 3. The number of nitrogens with one attached hydrogen (secondary N) is 1. The fourth-order valence-corrected chi connectivity index (χ4v) is 4.27. The zero-order valence-electron chi connectivity index (χ0n) is 13.8. The number of aryl methyl sites for hydroxylation is 1. The maximum Gasteiger partial charge on any atom is 0.257 e. The van der Waals surface area contributed by atoms with E-state index in [9.17, 15) is 4.79 Å². The van der Waals surface area contributed by atoms with Gasteiger partial charge in [-0.25, -0.2) is 0 Å². The van der Waals surface area contributed by atoms with Gasteiger partial charge in [-0.2, -0.15) is 16.9 Å². The van der Waals surface area contributed by atoms with Crippen LogP contribution in [0.25, 0.3) is 0 Å². The molecule has 1 N–H and O–H groups in total. The molecule has 21 heavy (non-hydrogen) atoms. The fourth-order valence-electron chi connectivity index (χ4n) is 3.13. The first-order valence-electron chi connectivity index (χ1n) is 7.89. The van der Waals surface area contributed by atoms with Crippen LogP contribution in [0.5, 0.6) is 0 Å². The van der Waals surface area contributed by atoms with E-state index in [4.69, 9.17) is 0 Å². The standard InChI is InChI=1S/C16H27N3OS/c1-6-21-13-8-7-12(9-13)19(5)16(20)14-11(4)17-18-15(14)10(2)3/h10,12-13H,6-9H2,1-5H3,(H,17,18)/t12-,13-/m0/s1. The summed E-state index contributed by atoms with van der Waals surface area (Å²) >= 11 is 2.02. The SMILES string of the molecule is CCS[C@H]1CC[C@H](N(C)C(=O)c2c(C(C)C)n[nH]c2C)C1. The average molecular weight is 309 g/mol. The highest BCUT2D eigenvalue weighted by Gasteiger charge is 2.32. The lowest BCUT2D eigenvalue weighted by atomic mass is 10.0. The lowest BCUT2D eigenvalue weighted by molar-refractivity contribution is 0.0733. The van der Waals surface area contributed by atoms with Crippen LogP contribution in [0.15, 0.2) is 0 Å². The largest absolute Gasteiger partial charge is 0.339 e. The molecule has 1 amide bonds. The maximum atomic E-state index is 12.9. The molecule has 1 aliphatic rings. The van der Waals surface area contributed by atoms with Crippen molar-refractivity contribution in [3.8, 4) is 0 Å². The Labute approximate surface area is 132 Å². The summed E-state index contributed by atoms with van der Waals surface area (Å²) in [5, 5.41) is 8.00. The predicted molar refractivity (Wildman–Crippen MR) is 89.1 cm³/mol. The van der Waals surface area contributed by atoms with Gasteiger partial charge in [-0.05, 0) is 37.9 Å².